The van der Waals surface area contributed by atoms with E-state index >= 15 is 0 Å². The lowest BCUT2D eigenvalue weighted by Crippen LogP contribution is -2.41. The summed E-state index contributed by atoms with van der Waals surface area (Å²) < 4.78 is 0. The van der Waals surface area contributed by atoms with E-state index in [-0.39, 0.29) is 5.91 Å². The van der Waals surface area contributed by atoms with E-state index in [1.807, 2.05) is 31.4 Å². The number of aromatic amines is 1. The molecule has 29 heavy (non-hydrogen) atoms. The van der Waals surface area contributed by atoms with E-state index in [0.717, 1.165) is 37.1 Å². The number of fused-ring (bicyclic) bond motifs is 1. The van der Waals surface area contributed by atoms with E-state index in [1.165, 1.54) is 10.9 Å². The molecule has 1 saturated heterocycles. The van der Waals surface area contributed by atoms with Crippen molar-refractivity contribution in [3.63, 3.8) is 0 Å². The van der Waals surface area contributed by atoms with Gasteiger partial charge in [-0.25, -0.2) is 4.98 Å². The molecule has 1 amide bonds. The maximum Gasteiger partial charge on any atom is 0.236 e. The van der Waals surface area contributed by atoms with Gasteiger partial charge in [0.05, 0.1) is 6.54 Å². The van der Waals surface area contributed by atoms with Gasteiger partial charge in [-0.15, -0.1) is 0 Å². The summed E-state index contributed by atoms with van der Waals surface area (Å²) in [5.41, 5.74) is 3.22. The quantitative estimate of drug-likeness (QED) is 0.637. The number of hydrogen-bond acceptors (Lipinski definition) is 3. The van der Waals surface area contributed by atoms with Crippen LogP contribution in [-0.2, 0) is 11.3 Å². The number of amides is 1. The Balaban J connectivity index is 1.31. The molecule has 0 aliphatic carbocycles. The number of pyridine rings is 1. The summed E-state index contributed by atoms with van der Waals surface area (Å²) in [6.45, 7) is 2.77. The fourth-order valence-corrected chi connectivity index (χ4v) is 4.66. The third kappa shape index (κ3) is 4.74. The van der Waals surface area contributed by atoms with E-state index < -0.39 is 0 Å². The molecule has 1 N–H and O–H groups in total. The predicted molar refractivity (Wildman–Crippen MR) is 117 cm³/mol. The van der Waals surface area contributed by atoms with Crippen LogP contribution in [0.15, 0.2) is 42.7 Å². The predicted octanol–water partition coefficient (Wildman–Crippen LogP) is 4.71. The number of halogens is 2. The van der Waals surface area contributed by atoms with E-state index in [0.29, 0.717) is 29.1 Å². The van der Waals surface area contributed by atoms with E-state index in [1.54, 1.807) is 11.0 Å². The van der Waals surface area contributed by atoms with Crippen LogP contribution in [0.4, 0.5) is 0 Å². The topological polar surface area (TPSA) is 52.2 Å². The molecule has 1 aromatic carbocycles. The fourth-order valence-electron chi connectivity index (χ4n) is 4.09. The third-order valence-electron chi connectivity index (χ3n) is 5.64. The van der Waals surface area contributed by atoms with Gasteiger partial charge in [-0.1, -0.05) is 23.2 Å². The van der Waals surface area contributed by atoms with Gasteiger partial charge < -0.3 is 9.88 Å². The average molecular weight is 431 g/mol. The summed E-state index contributed by atoms with van der Waals surface area (Å²) in [5.74, 6) is 0.612. The first-order chi connectivity index (χ1) is 14.0. The number of likely N-dealkylation sites (tertiary alicyclic amines) is 1. The molecular weight excluding hydrogens is 407 g/mol. The molecule has 0 spiro atoms. The van der Waals surface area contributed by atoms with Crippen molar-refractivity contribution >= 4 is 40.1 Å². The molecule has 152 valence electrons. The maximum absolute atomic E-state index is 12.7. The molecule has 0 saturated carbocycles. The van der Waals surface area contributed by atoms with Crippen molar-refractivity contribution in [2.75, 3.05) is 26.7 Å². The Morgan fingerprint density at radius 2 is 1.97 bits per heavy atom. The molecule has 1 aliphatic heterocycles. The summed E-state index contributed by atoms with van der Waals surface area (Å²) in [4.78, 5) is 24.3. The zero-order valence-corrected chi connectivity index (χ0v) is 17.9. The van der Waals surface area contributed by atoms with Crippen LogP contribution in [0.25, 0.3) is 11.0 Å². The van der Waals surface area contributed by atoms with Crippen molar-refractivity contribution in [1.82, 2.24) is 19.8 Å². The summed E-state index contributed by atoms with van der Waals surface area (Å²) in [6, 6.07) is 9.50. The number of piperidine rings is 1. The van der Waals surface area contributed by atoms with Crippen molar-refractivity contribution in [3.05, 3.63) is 63.9 Å². The molecule has 7 heteroatoms. The second-order valence-corrected chi connectivity index (χ2v) is 8.59. The maximum atomic E-state index is 12.7. The molecule has 4 rings (SSSR count). The lowest BCUT2D eigenvalue weighted by Gasteiger charge is -2.32. The van der Waals surface area contributed by atoms with Gasteiger partial charge in [0.25, 0.3) is 0 Å². The highest BCUT2D eigenvalue weighted by Crippen LogP contribution is 2.32. The Bertz CT molecular complexity index is 991. The summed E-state index contributed by atoms with van der Waals surface area (Å²) in [7, 11) is 1.82. The Kier molecular flexibility index (Phi) is 6.09. The lowest BCUT2D eigenvalue weighted by atomic mass is 9.89. The van der Waals surface area contributed by atoms with Crippen LogP contribution in [0, 0.1) is 0 Å². The van der Waals surface area contributed by atoms with Crippen molar-refractivity contribution in [1.29, 1.82) is 0 Å². The van der Waals surface area contributed by atoms with Gasteiger partial charge in [0.1, 0.15) is 5.65 Å². The zero-order chi connectivity index (χ0) is 20.4. The van der Waals surface area contributed by atoms with E-state index in [9.17, 15) is 4.79 Å². The number of carbonyl (C=O) groups is 1. The number of carbonyl (C=O) groups excluding carboxylic acids is 1. The first-order valence-electron chi connectivity index (χ1n) is 9.83. The van der Waals surface area contributed by atoms with Gasteiger partial charge in [0.2, 0.25) is 5.91 Å². The number of H-pyrrole nitrogens is 1. The minimum absolute atomic E-state index is 0.107. The monoisotopic (exact) mass is 430 g/mol. The third-order valence-corrected chi connectivity index (χ3v) is 6.07. The number of likely N-dealkylation sites (N-methyl/N-ethyl adjacent to an activating group) is 1. The number of nitrogens with zero attached hydrogens (tertiary/aromatic N) is 3. The number of benzene rings is 1. The molecule has 0 unspecified atom stereocenters. The highest BCUT2D eigenvalue weighted by molar-refractivity contribution is 6.34. The Morgan fingerprint density at radius 3 is 2.69 bits per heavy atom. The minimum atomic E-state index is 0.107. The van der Waals surface area contributed by atoms with Crippen LogP contribution < -0.4 is 0 Å². The van der Waals surface area contributed by atoms with Crippen molar-refractivity contribution in [2.45, 2.75) is 25.3 Å². The normalized spacial score (nSPS) is 15.7. The van der Waals surface area contributed by atoms with Gasteiger partial charge in [-0.2, -0.15) is 0 Å². The van der Waals surface area contributed by atoms with Crippen LogP contribution in [-0.4, -0.2) is 52.4 Å². The second kappa shape index (κ2) is 8.74. The molecule has 0 bridgehead atoms. The summed E-state index contributed by atoms with van der Waals surface area (Å²) in [6.07, 6.45) is 5.99. The molecule has 0 radical (unpaired) electrons. The molecule has 5 nitrogen and oxygen atoms in total. The standard InChI is InChI=1S/C22H24Cl2N4O/c1-27(13-15-9-17(23)11-18(24)10-15)21(29)14-28-7-4-16(5-8-28)20-12-26-22-19(20)3-2-6-25-22/h2-3,6,9-12,16H,4-5,7-8,13-14H2,1H3,(H,25,26). The van der Waals surface area contributed by atoms with Crippen LogP contribution in [0.5, 0.6) is 0 Å². The largest absolute Gasteiger partial charge is 0.346 e. The van der Waals surface area contributed by atoms with Gasteiger partial charge >= 0.3 is 0 Å². The molecular formula is C22H24Cl2N4O. The molecule has 1 aliphatic rings. The van der Waals surface area contributed by atoms with E-state index in [4.69, 9.17) is 23.2 Å². The Morgan fingerprint density at radius 1 is 1.24 bits per heavy atom. The van der Waals surface area contributed by atoms with Gasteiger partial charge in [-0.3, -0.25) is 9.69 Å². The smallest absolute Gasteiger partial charge is 0.236 e. The van der Waals surface area contributed by atoms with Crippen molar-refractivity contribution in [2.24, 2.45) is 0 Å². The molecule has 1 fully saturated rings. The van der Waals surface area contributed by atoms with Gasteiger partial charge in [0.15, 0.2) is 0 Å². The zero-order valence-electron chi connectivity index (χ0n) is 16.4. The first kappa shape index (κ1) is 20.2. The van der Waals surface area contributed by atoms with Crippen molar-refractivity contribution in [3.8, 4) is 0 Å². The highest BCUT2D eigenvalue weighted by Gasteiger charge is 2.25. The van der Waals surface area contributed by atoms with Gasteiger partial charge in [0, 0.05) is 41.4 Å². The number of hydrogen-bond donors (Lipinski definition) is 1. The van der Waals surface area contributed by atoms with Crippen molar-refractivity contribution < 1.29 is 4.79 Å². The van der Waals surface area contributed by atoms with Crippen LogP contribution in [0.1, 0.15) is 29.9 Å². The number of rotatable bonds is 5. The lowest BCUT2D eigenvalue weighted by molar-refractivity contribution is -0.131. The average Bonchev–Trinajstić information content (AvgIpc) is 3.12. The molecule has 3 aromatic rings. The molecule has 2 aromatic heterocycles. The number of aromatic nitrogens is 2. The molecule has 0 atom stereocenters. The number of nitrogens with one attached hydrogen (secondary N) is 1. The SMILES string of the molecule is CN(Cc1cc(Cl)cc(Cl)c1)C(=O)CN1CCC(c2c[nH]c3ncccc23)CC1. The highest BCUT2D eigenvalue weighted by atomic mass is 35.5. The van der Waals surface area contributed by atoms with Crippen LogP contribution in [0.3, 0.4) is 0 Å². The minimum Gasteiger partial charge on any atom is -0.346 e. The van der Waals surface area contributed by atoms with Crippen LogP contribution >= 0.6 is 23.2 Å². The van der Waals surface area contributed by atoms with Gasteiger partial charge in [-0.05, 0) is 73.3 Å². The fraction of sp³-hybridized carbons (Fsp3) is 0.364. The summed E-state index contributed by atoms with van der Waals surface area (Å²) >= 11 is 12.1. The Labute approximate surface area is 180 Å². The Hall–Kier alpha value is -2.08. The second-order valence-electron chi connectivity index (χ2n) is 7.72. The molecule has 3 heterocycles. The van der Waals surface area contributed by atoms with E-state index in [2.05, 4.69) is 27.1 Å². The summed E-state index contributed by atoms with van der Waals surface area (Å²) in [5, 5.41) is 2.38. The first-order valence-corrected chi connectivity index (χ1v) is 10.6. The van der Waals surface area contributed by atoms with Crippen LogP contribution in [0.2, 0.25) is 10.0 Å².